The second kappa shape index (κ2) is 9.60. The maximum Gasteiger partial charge on any atom is 0.190 e. The predicted molar refractivity (Wildman–Crippen MR) is 97.5 cm³/mol. The van der Waals surface area contributed by atoms with Crippen molar-refractivity contribution in [3.8, 4) is 5.75 Å². The number of rotatable bonds is 8. The molecule has 0 spiro atoms. The summed E-state index contributed by atoms with van der Waals surface area (Å²) in [6, 6.07) is 10.1. The van der Waals surface area contributed by atoms with E-state index in [1.807, 2.05) is 29.1 Å². The third-order valence-electron chi connectivity index (χ3n) is 3.76. The van der Waals surface area contributed by atoms with Gasteiger partial charge in [-0.3, -0.25) is 9.67 Å². The van der Waals surface area contributed by atoms with Gasteiger partial charge in [0.25, 0.3) is 0 Å². The summed E-state index contributed by atoms with van der Waals surface area (Å²) >= 11 is 0. The van der Waals surface area contributed by atoms with E-state index >= 15 is 0 Å². The number of nitrogens with zero attached hydrogens (tertiary/aromatic N) is 3. The van der Waals surface area contributed by atoms with Crippen molar-refractivity contribution in [2.45, 2.75) is 19.9 Å². The highest BCUT2D eigenvalue weighted by Crippen LogP contribution is 2.11. The van der Waals surface area contributed by atoms with Crippen LogP contribution in [0.2, 0.25) is 0 Å². The zero-order chi connectivity index (χ0) is 17.2. The van der Waals surface area contributed by atoms with Crippen molar-refractivity contribution in [2.24, 2.45) is 10.9 Å². The van der Waals surface area contributed by atoms with Gasteiger partial charge in [0.1, 0.15) is 5.75 Å². The number of benzene rings is 1. The van der Waals surface area contributed by atoms with Gasteiger partial charge in [-0.1, -0.05) is 19.1 Å². The monoisotopic (exact) mass is 329 g/mol. The number of aromatic nitrogens is 2. The fraction of sp³-hybridized carbons (Fsp3) is 0.444. The summed E-state index contributed by atoms with van der Waals surface area (Å²) in [7, 11) is 3.47. The lowest BCUT2D eigenvalue weighted by Crippen LogP contribution is -2.40. The number of hydrogen-bond acceptors (Lipinski definition) is 3. The fourth-order valence-corrected chi connectivity index (χ4v) is 2.40. The van der Waals surface area contributed by atoms with Gasteiger partial charge in [-0.25, -0.2) is 0 Å². The highest BCUT2D eigenvalue weighted by molar-refractivity contribution is 5.79. The average molecular weight is 329 g/mol. The topological polar surface area (TPSA) is 63.5 Å². The molecule has 1 aromatic carbocycles. The smallest absolute Gasteiger partial charge is 0.190 e. The molecule has 1 atom stereocenters. The lowest BCUT2D eigenvalue weighted by molar-refractivity contribution is 0.414. The Morgan fingerprint density at radius 3 is 2.71 bits per heavy atom. The molecule has 0 saturated carbocycles. The summed E-state index contributed by atoms with van der Waals surface area (Å²) in [6.07, 6.45) is 4.73. The van der Waals surface area contributed by atoms with Crippen LogP contribution in [0.25, 0.3) is 0 Å². The molecule has 0 amide bonds. The van der Waals surface area contributed by atoms with Crippen molar-refractivity contribution >= 4 is 5.96 Å². The minimum absolute atomic E-state index is 0.463. The van der Waals surface area contributed by atoms with E-state index in [1.54, 1.807) is 20.4 Å². The van der Waals surface area contributed by atoms with E-state index < -0.39 is 0 Å². The number of aliphatic imine (C=N–C) groups is 1. The van der Waals surface area contributed by atoms with Crippen LogP contribution in [0.4, 0.5) is 0 Å². The minimum atomic E-state index is 0.463. The molecular formula is C18H27N5O. The first-order valence-corrected chi connectivity index (χ1v) is 8.26. The lowest BCUT2D eigenvalue weighted by Gasteiger charge is -2.16. The number of hydrogen-bond donors (Lipinski definition) is 2. The van der Waals surface area contributed by atoms with Crippen LogP contribution in [0.5, 0.6) is 5.75 Å². The molecule has 1 unspecified atom stereocenters. The summed E-state index contributed by atoms with van der Waals surface area (Å²) in [6.45, 7) is 4.77. The molecule has 2 aromatic rings. The minimum Gasteiger partial charge on any atom is -0.497 e. The predicted octanol–water partition coefficient (Wildman–Crippen LogP) is 1.94. The Morgan fingerprint density at radius 1 is 1.29 bits per heavy atom. The first-order chi connectivity index (χ1) is 11.7. The second-order valence-electron chi connectivity index (χ2n) is 5.81. The van der Waals surface area contributed by atoms with Gasteiger partial charge in [-0.2, -0.15) is 5.10 Å². The molecule has 130 valence electrons. The molecule has 0 saturated heterocycles. The number of methoxy groups -OCH3 is 1. The van der Waals surface area contributed by atoms with Crippen LogP contribution < -0.4 is 15.4 Å². The van der Waals surface area contributed by atoms with Gasteiger partial charge in [0, 0.05) is 39.1 Å². The fourth-order valence-electron chi connectivity index (χ4n) is 2.40. The molecule has 24 heavy (non-hydrogen) atoms. The van der Waals surface area contributed by atoms with Crippen molar-refractivity contribution in [1.82, 2.24) is 20.4 Å². The van der Waals surface area contributed by atoms with Crippen LogP contribution in [0.3, 0.4) is 0 Å². The molecule has 0 aliphatic heterocycles. The molecule has 6 heteroatoms. The van der Waals surface area contributed by atoms with Crippen molar-refractivity contribution in [3.63, 3.8) is 0 Å². The third-order valence-corrected chi connectivity index (χ3v) is 3.76. The Balaban J connectivity index is 1.68. The molecule has 2 N–H and O–H groups in total. The molecule has 1 aromatic heterocycles. The molecular weight excluding hydrogens is 302 g/mol. The Hall–Kier alpha value is -2.50. The van der Waals surface area contributed by atoms with Crippen LogP contribution in [0.1, 0.15) is 12.5 Å². The van der Waals surface area contributed by atoms with E-state index in [2.05, 4.69) is 39.8 Å². The van der Waals surface area contributed by atoms with Crippen LogP contribution in [-0.4, -0.2) is 43.0 Å². The van der Waals surface area contributed by atoms with Gasteiger partial charge in [0.2, 0.25) is 0 Å². The highest BCUT2D eigenvalue weighted by atomic mass is 16.5. The SMILES string of the molecule is CN=C(NCCc1ccc(OC)cc1)NCC(C)Cn1cccn1. The average Bonchev–Trinajstić information content (AvgIpc) is 3.11. The van der Waals surface area contributed by atoms with Gasteiger partial charge in [-0.05, 0) is 36.1 Å². The first-order valence-electron chi connectivity index (χ1n) is 8.26. The molecule has 0 fully saturated rings. The van der Waals surface area contributed by atoms with Crippen LogP contribution >= 0.6 is 0 Å². The van der Waals surface area contributed by atoms with Crippen molar-refractivity contribution < 1.29 is 4.74 Å². The van der Waals surface area contributed by atoms with Gasteiger partial charge >= 0.3 is 0 Å². The summed E-state index contributed by atoms with van der Waals surface area (Å²) in [5.41, 5.74) is 1.27. The zero-order valence-electron chi connectivity index (χ0n) is 14.7. The van der Waals surface area contributed by atoms with Gasteiger partial charge in [0.15, 0.2) is 5.96 Å². The van der Waals surface area contributed by atoms with Gasteiger partial charge in [0.05, 0.1) is 7.11 Å². The summed E-state index contributed by atoms with van der Waals surface area (Å²) < 4.78 is 7.12. The summed E-state index contributed by atoms with van der Waals surface area (Å²) in [4.78, 5) is 4.27. The molecule has 0 aliphatic rings. The van der Waals surface area contributed by atoms with Crippen LogP contribution in [0.15, 0.2) is 47.7 Å². The Labute approximate surface area is 143 Å². The number of ether oxygens (including phenoxy) is 1. The molecule has 0 radical (unpaired) electrons. The van der Waals surface area contributed by atoms with E-state index in [4.69, 9.17) is 4.74 Å². The Morgan fingerprint density at radius 2 is 2.08 bits per heavy atom. The summed E-state index contributed by atoms with van der Waals surface area (Å²) in [5.74, 6) is 2.18. The van der Waals surface area contributed by atoms with E-state index in [-0.39, 0.29) is 0 Å². The normalized spacial score (nSPS) is 12.7. The highest BCUT2D eigenvalue weighted by Gasteiger charge is 2.05. The molecule has 2 rings (SSSR count). The van der Waals surface area contributed by atoms with Crippen molar-refractivity contribution in [3.05, 3.63) is 48.3 Å². The van der Waals surface area contributed by atoms with Crippen molar-refractivity contribution in [2.75, 3.05) is 27.2 Å². The second-order valence-corrected chi connectivity index (χ2v) is 5.81. The van der Waals surface area contributed by atoms with Gasteiger partial charge < -0.3 is 15.4 Å². The molecule has 0 aliphatic carbocycles. The summed E-state index contributed by atoms with van der Waals surface area (Å²) in [5, 5.41) is 10.9. The van der Waals surface area contributed by atoms with Crippen molar-refractivity contribution in [1.29, 1.82) is 0 Å². The van der Waals surface area contributed by atoms with E-state index in [0.29, 0.717) is 5.92 Å². The Kier molecular flexibility index (Phi) is 7.14. The standard InChI is InChI=1S/C18H27N5O/c1-15(14-23-12-4-10-22-23)13-21-18(19-2)20-11-9-16-5-7-17(24-3)8-6-16/h4-8,10,12,15H,9,11,13-14H2,1-3H3,(H2,19,20,21). The maximum atomic E-state index is 5.17. The quantitative estimate of drug-likeness (QED) is 0.574. The van der Waals surface area contributed by atoms with E-state index in [0.717, 1.165) is 37.8 Å². The first kappa shape index (κ1) is 17.8. The van der Waals surface area contributed by atoms with E-state index in [1.165, 1.54) is 5.56 Å². The molecule has 6 nitrogen and oxygen atoms in total. The van der Waals surface area contributed by atoms with Gasteiger partial charge in [-0.15, -0.1) is 0 Å². The lowest BCUT2D eigenvalue weighted by atomic mass is 10.1. The number of nitrogens with one attached hydrogen (secondary N) is 2. The third kappa shape index (κ3) is 5.95. The molecule has 0 bridgehead atoms. The Bertz CT molecular complexity index is 607. The maximum absolute atomic E-state index is 5.17. The van der Waals surface area contributed by atoms with Crippen LogP contribution in [0, 0.1) is 5.92 Å². The van der Waals surface area contributed by atoms with Crippen LogP contribution in [-0.2, 0) is 13.0 Å². The number of guanidine groups is 1. The largest absolute Gasteiger partial charge is 0.497 e. The van der Waals surface area contributed by atoms with E-state index in [9.17, 15) is 0 Å². The molecule has 1 heterocycles. The zero-order valence-corrected chi connectivity index (χ0v) is 14.7.